The topological polar surface area (TPSA) is 43.5 Å². The zero-order valence-electron chi connectivity index (χ0n) is 14.8. The average Bonchev–Trinajstić information content (AvgIpc) is 3.42. The Balaban J connectivity index is 1.38. The van der Waals surface area contributed by atoms with Crippen molar-refractivity contribution in [3.05, 3.63) is 0 Å². The van der Waals surface area contributed by atoms with Crippen molar-refractivity contribution in [3.8, 4) is 0 Å². The molecule has 0 spiro atoms. The van der Waals surface area contributed by atoms with Crippen LogP contribution in [-0.4, -0.2) is 63.2 Å². The Hall–Kier alpha value is -0.300. The van der Waals surface area contributed by atoms with E-state index in [1.165, 1.54) is 0 Å². The maximum absolute atomic E-state index is 14.9. The summed E-state index contributed by atoms with van der Waals surface area (Å²) in [4.78, 5) is 0. The molecule has 0 amide bonds. The lowest BCUT2D eigenvalue weighted by Gasteiger charge is -2.40. The number of ether oxygens (including phenoxy) is 4. The second kappa shape index (κ2) is 7.52. The standard InChI is InChI=1S/C18H30F2O4/c1-17(19,11-21-7-15-9-23-15)13-3-5-14(6-4-13)18(2,20)12-22-8-16-10-24-16/h13-16H,3-12H2,1-2H3. The Bertz CT molecular complexity index is 362. The predicted molar refractivity (Wildman–Crippen MR) is 85.6 cm³/mol. The molecule has 140 valence electrons. The second-order valence-electron chi connectivity index (χ2n) is 8.05. The van der Waals surface area contributed by atoms with Crippen LogP contribution in [-0.2, 0) is 18.9 Å². The molecule has 3 rings (SSSR count). The highest BCUT2D eigenvalue weighted by Crippen LogP contribution is 2.42. The third kappa shape index (κ3) is 5.35. The van der Waals surface area contributed by atoms with Crippen LogP contribution in [0.5, 0.6) is 0 Å². The van der Waals surface area contributed by atoms with Crippen LogP contribution >= 0.6 is 0 Å². The van der Waals surface area contributed by atoms with E-state index in [4.69, 9.17) is 18.9 Å². The highest BCUT2D eigenvalue weighted by molar-refractivity contribution is 4.92. The van der Waals surface area contributed by atoms with Gasteiger partial charge in [0.25, 0.3) is 0 Å². The van der Waals surface area contributed by atoms with Crippen molar-refractivity contribution >= 4 is 0 Å². The van der Waals surface area contributed by atoms with E-state index in [-0.39, 0.29) is 37.3 Å². The van der Waals surface area contributed by atoms with Gasteiger partial charge in [0.05, 0.1) is 39.6 Å². The number of hydrogen-bond acceptors (Lipinski definition) is 4. The van der Waals surface area contributed by atoms with Crippen LogP contribution < -0.4 is 0 Å². The minimum absolute atomic E-state index is 0.0644. The summed E-state index contributed by atoms with van der Waals surface area (Å²) < 4.78 is 50.8. The SMILES string of the molecule is CC(F)(COCC1CO1)C1CCC(C(C)(F)COCC2CO2)CC1. The van der Waals surface area contributed by atoms with Gasteiger partial charge in [-0.3, -0.25) is 0 Å². The Kier molecular flexibility index (Phi) is 5.79. The third-order valence-corrected chi connectivity index (χ3v) is 5.61. The fraction of sp³-hybridized carbons (Fsp3) is 1.00. The molecule has 0 aromatic carbocycles. The molecule has 2 heterocycles. The lowest BCUT2D eigenvalue weighted by Crippen LogP contribution is -2.42. The molecule has 24 heavy (non-hydrogen) atoms. The van der Waals surface area contributed by atoms with Gasteiger partial charge in [-0.2, -0.15) is 0 Å². The van der Waals surface area contributed by atoms with Gasteiger partial charge in [-0.25, -0.2) is 8.78 Å². The van der Waals surface area contributed by atoms with Crippen molar-refractivity contribution in [1.82, 2.24) is 0 Å². The molecule has 4 nitrogen and oxygen atoms in total. The van der Waals surface area contributed by atoms with E-state index in [9.17, 15) is 8.78 Å². The van der Waals surface area contributed by atoms with Crippen LogP contribution in [0, 0.1) is 11.8 Å². The normalized spacial score (nSPS) is 37.5. The van der Waals surface area contributed by atoms with Crippen LogP contribution in [0.3, 0.4) is 0 Å². The Morgan fingerprint density at radius 2 is 1.12 bits per heavy atom. The summed E-state index contributed by atoms with van der Waals surface area (Å²) in [5.41, 5.74) is -2.71. The number of rotatable bonds is 10. The number of hydrogen-bond donors (Lipinski definition) is 0. The molecule has 4 atom stereocenters. The quantitative estimate of drug-likeness (QED) is 0.569. The van der Waals surface area contributed by atoms with Crippen LogP contribution in [0.25, 0.3) is 0 Å². The molecule has 6 heteroatoms. The lowest BCUT2D eigenvalue weighted by molar-refractivity contribution is -0.0575. The molecule has 2 aliphatic heterocycles. The van der Waals surface area contributed by atoms with Crippen molar-refractivity contribution < 1.29 is 27.7 Å². The number of alkyl halides is 2. The first-order chi connectivity index (χ1) is 11.4. The van der Waals surface area contributed by atoms with Crippen molar-refractivity contribution in [2.45, 2.75) is 63.1 Å². The summed E-state index contributed by atoms with van der Waals surface area (Å²) >= 11 is 0. The summed E-state index contributed by atoms with van der Waals surface area (Å²) in [5.74, 6) is -0.129. The molecule has 4 unspecified atom stereocenters. The van der Waals surface area contributed by atoms with Crippen LogP contribution in [0.1, 0.15) is 39.5 Å². The maximum atomic E-state index is 14.9. The molecular weight excluding hydrogens is 318 g/mol. The van der Waals surface area contributed by atoms with Gasteiger partial charge in [-0.05, 0) is 51.4 Å². The highest BCUT2D eigenvalue weighted by Gasteiger charge is 2.43. The van der Waals surface area contributed by atoms with Gasteiger partial charge in [-0.1, -0.05) is 0 Å². The van der Waals surface area contributed by atoms with Gasteiger partial charge in [0.15, 0.2) is 0 Å². The van der Waals surface area contributed by atoms with Crippen LogP contribution in [0.2, 0.25) is 0 Å². The summed E-state index contributed by atoms with van der Waals surface area (Å²) in [6, 6.07) is 0. The Labute approximate surface area is 143 Å². The zero-order valence-corrected chi connectivity index (χ0v) is 14.8. The minimum Gasteiger partial charge on any atom is -0.375 e. The van der Waals surface area contributed by atoms with Gasteiger partial charge >= 0.3 is 0 Å². The van der Waals surface area contributed by atoms with Crippen LogP contribution in [0.4, 0.5) is 8.78 Å². The highest BCUT2D eigenvalue weighted by atomic mass is 19.1. The average molecular weight is 348 g/mol. The van der Waals surface area contributed by atoms with Gasteiger partial charge in [0, 0.05) is 0 Å². The van der Waals surface area contributed by atoms with Gasteiger partial charge < -0.3 is 18.9 Å². The Morgan fingerprint density at radius 3 is 1.42 bits per heavy atom. The van der Waals surface area contributed by atoms with Crippen molar-refractivity contribution in [2.75, 3.05) is 39.6 Å². The molecule has 3 aliphatic rings. The molecule has 3 fully saturated rings. The van der Waals surface area contributed by atoms with E-state index in [2.05, 4.69) is 0 Å². The van der Waals surface area contributed by atoms with E-state index in [0.29, 0.717) is 38.9 Å². The minimum atomic E-state index is -1.35. The first-order valence-electron chi connectivity index (χ1n) is 9.13. The molecule has 0 aromatic heterocycles. The van der Waals surface area contributed by atoms with E-state index < -0.39 is 11.3 Å². The predicted octanol–water partition coefficient (Wildman–Crippen LogP) is 3.08. The molecule has 2 saturated heterocycles. The number of halogens is 2. The largest absolute Gasteiger partial charge is 0.375 e. The monoisotopic (exact) mass is 348 g/mol. The Morgan fingerprint density at radius 1 is 0.792 bits per heavy atom. The molecule has 0 N–H and O–H groups in total. The van der Waals surface area contributed by atoms with Crippen molar-refractivity contribution in [1.29, 1.82) is 0 Å². The molecule has 0 aromatic rings. The van der Waals surface area contributed by atoms with Crippen LogP contribution in [0.15, 0.2) is 0 Å². The first-order valence-corrected chi connectivity index (χ1v) is 9.13. The summed E-state index contributed by atoms with van der Waals surface area (Å²) in [7, 11) is 0. The second-order valence-corrected chi connectivity index (χ2v) is 8.05. The molecule has 1 aliphatic carbocycles. The first kappa shape index (κ1) is 18.5. The van der Waals surface area contributed by atoms with Gasteiger partial charge in [0.2, 0.25) is 0 Å². The lowest BCUT2D eigenvalue weighted by atomic mass is 9.71. The fourth-order valence-corrected chi connectivity index (χ4v) is 3.64. The van der Waals surface area contributed by atoms with Crippen molar-refractivity contribution in [2.24, 2.45) is 11.8 Å². The summed E-state index contributed by atoms with van der Waals surface area (Å²) in [5, 5.41) is 0. The van der Waals surface area contributed by atoms with E-state index in [1.54, 1.807) is 13.8 Å². The molecule has 1 saturated carbocycles. The summed E-state index contributed by atoms with van der Waals surface area (Å²) in [6.45, 7) is 5.80. The van der Waals surface area contributed by atoms with E-state index in [0.717, 1.165) is 13.2 Å². The fourth-order valence-electron chi connectivity index (χ4n) is 3.64. The molecule has 0 bridgehead atoms. The maximum Gasteiger partial charge on any atom is 0.134 e. The molecule has 0 radical (unpaired) electrons. The summed E-state index contributed by atoms with van der Waals surface area (Å²) in [6.07, 6.45) is 3.12. The zero-order chi connectivity index (χ0) is 17.2. The number of epoxide rings is 2. The van der Waals surface area contributed by atoms with Gasteiger partial charge in [-0.15, -0.1) is 0 Å². The van der Waals surface area contributed by atoms with Gasteiger partial charge in [0.1, 0.15) is 23.5 Å². The molecular formula is C18H30F2O4. The van der Waals surface area contributed by atoms with E-state index >= 15 is 0 Å². The van der Waals surface area contributed by atoms with E-state index in [1.807, 2.05) is 0 Å². The third-order valence-electron chi connectivity index (χ3n) is 5.61. The smallest absolute Gasteiger partial charge is 0.134 e. The van der Waals surface area contributed by atoms with Crippen molar-refractivity contribution in [3.63, 3.8) is 0 Å².